The summed E-state index contributed by atoms with van der Waals surface area (Å²) in [6.07, 6.45) is 1.32. The fourth-order valence-electron chi connectivity index (χ4n) is 0.376. The van der Waals surface area contributed by atoms with Crippen molar-refractivity contribution in [1.82, 2.24) is 4.98 Å². The SMILES string of the molecule is [2H]C([2H])([2H])c1ccc(Cl)cn1. The lowest BCUT2D eigenvalue weighted by Gasteiger charge is -1.87. The van der Waals surface area contributed by atoms with Gasteiger partial charge in [0.15, 0.2) is 0 Å². The minimum Gasteiger partial charge on any atom is -0.260 e. The number of nitrogens with zero attached hydrogens (tertiary/aromatic N) is 1. The van der Waals surface area contributed by atoms with E-state index in [4.69, 9.17) is 15.7 Å². The van der Waals surface area contributed by atoms with Crippen LogP contribution in [0.3, 0.4) is 0 Å². The Morgan fingerprint density at radius 3 is 3.12 bits per heavy atom. The Kier molecular flexibility index (Phi) is 0.757. The Morgan fingerprint density at radius 2 is 2.62 bits per heavy atom. The first kappa shape index (κ1) is 2.83. The van der Waals surface area contributed by atoms with Crippen LogP contribution in [0.15, 0.2) is 18.3 Å². The summed E-state index contributed by atoms with van der Waals surface area (Å²) in [5, 5.41) is 0.443. The molecule has 1 heterocycles. The van der Waals surface area contributed by atoms with Crippen molar-refractivity contribution < 1.29 is 4.11 Å². The Balaban J connectivity index is 2.99. The number of rotatable bonds is 0. The van der Waals surface area contributed by atoms with Crippen molar-refractivity contribution >= 4 is 11.6 Å². The summed E-state index contributed by atoms with van der Waals surface area (Å²) in [5.41, 5.74) is 0.0712. The molecule has 0 aliphatic carbocycles. The van der Waals surface area contributed by atoms with Gasteiger partial charge in [0.05, 0.1) is 5.02 Å². The molecule has 0 amide bonds. The summed E-state index contributed by atoms with van der Waals surface area (Å²) in [4.78, 5) is 3.66. The lowest BCUT2D eigenvalue weighted by atomic mass is 10.4. The number of hydrogen-bond acceptors (Lipinski definition) is 1. The molecule has 0 radical (unpaired) electrons. The molecule has 1 aromatic rings. The predicted molar refractivity (Wildman–Crippen MR) is 34.0 cm³/mol. The third-order valence-corrected chi connectivity index (χ3v) is 0.951. The quantitative estimate of drug-likeness (QED) is 0.524. The first-order valence-corrected chi connectivity index (χ1v) is 2.50. The van der Waals surface area contributed by atoms with Crippen molar-refractivity contribution in [2.24, 2.45) is 0 Å². The first-order valence-electron chi connectivity index (χ1n) is 3.62. The van der Waals surface area contributed by atoms with Gasteiger partial charge in [0.1, 0.15) is 0 Å². The lowest BCUT2D eigenvalue weighted by Crippen LogP contribution is -1.75. The minimum absolute atomic E-state index is 0.0712. The highest BCUT2D eigenvalue weighted by molar-refractivity contribution is 6.30. The minimum atomic E-state index is -2.13. The van der Waals surface area contributed by atoms with E-state index in [9.17, 15) is 0 Å². The van der Waals surface area contributed by atoms with E-state index in [0.29, 0.717) is 5.02 Å². The zero-order valence-electron chi connectivity index (χ0n) is 7.06. The summed E-state index contributed by atoms with van der Waals surface area (Å²) in [6.45, 7) is -2.13. The first-order chi connectivity index (χ1) is 5.00. The fourth-order valence-corrected chi connectivity index (χ4v) is 0.488. The monoisotopic (exact) mass is 130 g/mol. The van der Waals surface area contributed by atoms with Gasteiger partial charge in [-0.1, -0.05) is 11.6 Å². The van der Waals surface area contributed by atoms with E-state index in [1.54, 1.807) is 0 Å². The predicted octanol–water partition coefficient (Wildman–Crippen LogP) is 2.04. The number of hydrogen-bond donors (Lipinski definition) is 0. The van der Waals surface area contributed by atoms with E-state index in [1.165, 1.54) is 18.3 Å². The molecule has 0 saturated carbocycles. The molecular formula is C6H6ClN. The van der Waals surface area contributed by atoms with E-state index < -0.39 is 6.85 Å². The van der Waals surface area contributed by atoms with Crippen molar-refractivity contribution in [3.8, 4) is 0 Å². The fraction of sp³-hybridized carbons (Fsp3) is 0.167. The van der Waals surface area contributed by atoms with Crippen molar-refractivity contribution in [1.29, 1.82) is 0 Å². The Labute approximate surface area is 57.5 Å². The van der Waals surface area contributed by atoms with Crippen molar-refractivity contribution in [3.63, 3.8) is 0 Å². The maximum absolute atomic E-state index is 6.97. The van der Waals surface area contributed by atoms with Crippen LogP contribution in [-0.4, -0.2) is 4.98 Å². The van der Waals surface area contributed by atoms with Gasteiger partial charge in [-0.25, -0.2) is 0 Å². The van der Waals surface area contributed by atoms with Crippen molar-refractivity contribution in [3.05, 3.63) is 29.0 Å². The average Bonchev–Trinajstić information content (AvgIpc) is 1.86. The normalized spacial score (nSPS) is 16.4. The number of halogens is 1. The maximum atomic E-state index is 6.97. The Bertz CT molecular complexity index is 241. The molecule has 1 nitrogen and oxygen atoms in total. The molecule has 0 aromatic carbocycles. The highest BCUT2D eigenvalue weighted by Gasteiger charge is 1.83. The van der Waals surface area contributed by atoms with Crippen LogP contribution in [0.2, 0.25) is 5.02 Å². The van der Waals surface area contributed by atoms with Crippen LogP contribution in [-0.2, 0) is 0 Å². The second-order valence-corrected chi connectivity index (χ2v) is 1.80. The molecule has 0 N–H and O–H groups in total. The van der Waals surface area contributed by atoms with E-state index in [1.807, 2.05) is 0 Å². The Hall–Kier alpha value is -0.560. The van der Waals surface area contributed by atoms with E-state index in [2.05, 4.69) is 4.98 Å². The van der Waals surface area contributed by atoms with Crippen molar-refractivity contribution in [2.45, 2.75) is 6.85 Å². The van der Waals surface area contributed by atoms with Gasteiger partial charge in [0.25, 0.3) is 0 Å². The van der Waals surface area contributed by atoms with Crippen LogP contribution < -0.4 is 0 Å². The molecule has 0 atom stereocenters. The van der Waals surface area contributed by atoms with Gasteiger partial charge in [-0.2, -0.15) is 0 Å². The molecule has 42 valence electrons. The topological polar surface area (TPSA) is 12.9 Å². The van der Waals surface area contributed by atoms with E-state index in [-0.39, 0.29) is 5.69 Å². The van der Waals surface area contributed by atoms with Crippen LogP contribution >= 0.6 is 11.6 Å². The molecule has 0 spiro atoms. The molecule has 0 unspecified atom stereocenters. The van der Waals surface area contributed by atoms with Crippen LogP contribution in [0.4, 0.5) is 0 Å². The van der Waals surface area contributed by atoms with Crippen LogP contribution in [0.1, 0.15) is 9.81 Å². The molecule has 0 fully saturated rings. The second-order valence-electron chi connectivity index (χ2n) is 1.36. The number of aromatic nitrogens is 1. The van der Waals surface area contributed by atoms with Gasteiger partial charge in [0, 0.05) is 16.0 Å². The summed E-state index contributed by atoms with van der Waals surface area (Å²) >= 11 is 5.52. The molecule has 8 heavy (non-hydrogen) atoms. The molecule has 0 aliphatic rings. The zero-order chi connectivity index (χ0) is 8.48. The standard InChI is InChI=1S/C6H6ClN/c1-5-2-3-6(7)4-8-5/h2-4H,1H3/i1D3. The van der Waals surface area contributed by atoms with Crippen molar-refractivity contribution in [2.75, 3.05) is 0 Å². The smallest absolute Gasteiger partial charge is 0.0589 e. The molecular weight excluding hydrogens is 122 g/mol. The molecule has 1 aromatic heterocycles. The highest BCUT2D eigenvalue weighted by Crippen LogP contribution is 2.04. The van der Waals surface area contributed by atoms with Gasteiger partial charge in [0.2, 0.25) is 0 Å². The molecule has 1 rings (SSSR count). The third kappa shape index (κ3) is 1.20. The largest absolute Gasteiger partial charge is 0.260 e. The van der Waals surface area contributed by atoms with Crippen LogP contribution in [0.25, 0.3) is 0 Å². The molecule has 0 aliphatic heterocycles. The summed E-state index contributed by atoms with van der Waals surface area (Å²) < 4.78 is 20.9. The van der Waals surface area contributed by atoms with Gasteiger partial charge in [-0.3, -0.25) is 4.98 Å². The van der Waals surface area contributed by atoms with Gasteiger partial charge >= 0.3 is 0 Å². The summed E-state index contributed by atoms with van der Waals surface area (Å²) in [5.74, 6) is 0. The summed E-state index contributed by atoms with van der Waals surface area (Å²) in [7, 11) is 0. The van der Waals surface area contributed by atoms with Crippen LogP contribution in [0.5, 0.6) is 0 Å². The third-order valence-electron chi connectivity index (χ3n) is 0.727. The van der Waals surface area contributed by atoms with E-state index >= 15 is 0 Å². The second kappa shape index (κ2) is 2.14. The zero-order valence-corrected chi connectivity index (χ0v) is 4.81. The van der Waals surface area contributed by atoms with Gasteiger partial charge in [-0.15, -0.1) is 0 Å². The molecule has 0 saturated heterocycles. The summed E-state index contributed by atoms with van der Waals surface area (Å²) in [6, 6.07) is 2.91. The number of aryl methyl sites for hydroxylation is 1. The van der Waals surface area contributed by atoms with Gasteiger partial charge in [-0.05, 0) is 19.0 Å². The Morgan fingerprint density at radius 1 is 1.75 bits per heavy atom. The maximum Gasteiger partial charge on any atom is 0.0589 e. The molecule has 0 bridgehead atoms. The number of pyridine rings is 1. The lowest BCUT2D eigenvalue weighted by molar-refractivity contribution is 1.20. The molecule has 2 heteroatoms. The van der Waals surface area contributed by atoms with E-state index in [0.717, 1.165) is 0 Å². The highest BCUT2D eigenvalue weighted by atomic mass is 35.5. The average molecular weight is 131 g/mol. The van der Waals surface area contributed by atoms with Gasteiger partial charge < -0.3 is 0 Å². The van der Waals surface area contributed by atoms with Crippen LogP contribution in [0, 0.1) is 6.85 Å².